The molecule has 0 bridgehead atoms. The van der Waals surface area contributed by atoms with Crippen LogP contribution in [0.25, 0.3) is 0 Å². The van der Waals surface area contributed by atoms with Gasteiger partial charge in [0.15, 0.2) is 0 Å². The number of hydrogen-bond donors (Lipinski definition) is 2. The molecule has 2 aromatic rings. The minimum Gasteiger partial charge on any atom is -0.480 e. The maximum absolute atomic E-state index is 10.4. The van der Waals surface area contributed by atoms with Crippen molar-refractivity contribution >= 4 is 17.3 Å². The van der Waals surface area contributed by atoms with Gasteiger partial charge >= 0.3 is 5.97 Å². The van der Waals surface area contributed by atoms with Crippen molar-refractivity contribution in [2.75, 3.05) is 0 Å². The Hall–Kier alpha value is -1.72. The lowest BCUT2D eigenvalue weighted by molar-refractivity contribution is -0.138. The average Bonchev–Trinajstić information content (AvgIpc) is 2.89. The molecule has 0 aliphatic heterocycles. The van der Waals surface area contributed by atoms with Crippen molar-refractivity contribution in [3.63, 3.8) is 0 Å². The molecule has 90 valence electrons. The molecule has 3 N–H and O–H groups in total. The van der Waals surface area contributed by atoms with Gasteiger partial charge in [-0.25, -0.2) is 0 Å². The summed E-state index contributed by atoms with van der Waals surface area (Å²) in [5, 5.41) is 10.4. The highest BCUT2D eigenvalue weighted by Crippen LogP contribution is 2.01. The van der Waals surface area contributed by atoms with Gasteiger partial charge in [0.2, 0.25) is 0 Å². The van der Waals surface area contributed by atoms with Crippen LogP contribution in [0.2, 0.25) is 0 Å². The van der Waals surface area contributed by atoms with Crippen molar-refractivity contribution in [3.05, 3.63) is 53.0 Å². The van der Waals surface area contributed by atoms with Crippen molar-refractivity contribution < 1.29 is 9.90 Å². The number of nitrogens with zero attached hydrogens (tertiary/aromatic N) is 1. The number of benzene rings is 1. The van der Waals surface area contributed by atoms with Crippen LogP contribution in [-0.2, 0) is 11.2 Å². The molecule has 17 heavy (non-hydrogen) atoms. The van der Waals surface area contributed by atoms with Crippen molar-refractivity contribution in [1.29, 1.82) is 0 Å². The summed E-state index contributed by atoms with van der Waals surface area (Å²) in [5.41, 5.74) is 8.09. The summed E-state index contributed by atoms with van der Waals surface area (Å²) in [6.45, 7) is 0. The Morgan fingerprint density at radius 1 is 1.41 bits per heavy atom. The van der Waals surface area contributed by atoms with Crippen LogP contribution in [-0.4, -0.2) is 22.1 Å². The summed E-state index contributed by atoms with van der Waals surface area (Å²) < 4.78 is 0. The smallest absolute Gasteiger partial charge is 0.320 e. The van der Waals surface area contributed by atoms with E-state index >= 15 is 0 Å². The Kier molecular flexibility index (Phi) is 5.92. The van der Waals surface area contributed by atoms with Crippen LogP contribution in [0.3, 0.4) is 0 Å². The van der Waals surface area contributed by atoms with Gasteiger partial charge in [0, 0.05) is 11.6 Å². The van der Waals surface area contributed by atoms with Crippen molar-refractivity contribution in [2.45, 2.75) is 12.5 Å². The number of carboxylic acid groups (broad SMARTS) is 1. The molecule has 0 saturated heterocycles. The van der Waals surface area contributed by atoms with E-state index in [9.17, 15) is 4.79 Å². The number of hydrogen-bond acceptors (Lipinski definition) is 4. The maximum atomic E-state index is 10.4. The normalized spacial score (nSPS) is 11.1. The zero-order valence-corrected chi connectivity index (χ0v) is 10.0. The first kappa shape index (κ1) is 13.3. The molecule has 4 nitrogen and oxygen atoms in total. The Bertz CT molecular complexity index is 400. The molecule has 0 unspecified atom stereocenters. The lowest BCUT2D eigenvalue weighted by Gasteiger charge is -2.04. The number of nitrogens with two attached hydrogens (primary N) is 1. The molecule has 0 amide bonds. The van der Waals surface area contributed by atoms with E-state index in [2.05, 4.69) is 4.98 Å². The second-order valence-corrected chi connectivity index (χ2v) is 4.07. The minimum absolute atomic E-state index is 0.385. The molecule has 1 aromatic carbocycles. The molecule has 2 rings (SSSR count). The molecule has 0 aliphatic rings. The second-order valence-electron chi connectivity index (χ2n) is 3.31. The fourth-order valence-corrected chi connectivity index (χ4v) is 1.48. The molecular weight excluding hydrogens is 236 g/mol. The number of thiazole rings is 1. The van der Waals surface area contributed by atoms with Crippen molar-refractivity contribution in [3.8, 4) is 0 Å². The van der Waals surface area contributed by atoms with Gasteiger partial charge in [-0.2, -0.15) is 0 Å². The molecular formula is C12H14N2O2S. The highest BCUT2D eigenvalue weighted by atomic mass is 32.1. The maximum Gasteiger partial charge on any atom is 0.320 e. The monoisotopic (exact) mass is 250 g/mol. The average molecular weight is 250 g/mol. The summed E-state index contributed by atoms with van der Waals surface area (Å²) in [6, 6.07) is 8.54. The van der Waals surface area contributed by atoms with Gasteiger partial charge in [-0.3, -0.25) is 9.78 Å². The largest absolute Gasteiger partial charge is 0.480 e. The fourth-order valence-electron chi connectivity index (χ4n) is 1.13. The third kappa shape index (κ3) is 5.79. The minimum atomic E-state index is -0.959. The first-order chi connectivity index (χ1) is 8.20. The van der Waals surface area contributed by atoms with E-state index in [0.29, 0.717) is 6.42 Å². The summed E-state index contributed by atoms with van der Waals surface area (Å²) in [6.07, 6.45) is 2.15. The number of carboxylic acids is 1. The highest BCUT2D eigenvalue weighted by molar-refractivity contribution is 7.07. The first-order valence-electron chi connectivity index (χ1n) is 5.04. The first-order valence-corrected chi connectivity index (χ1v) is 5.99. The van der Waals surface area contributed by atoms with Crippen LogP contribution in [0.15, 0.2) is 47.4 Å². The van der Waals surface area contributed by atoms with Crippen LogP contribution in [0.1, 0.15) is 5.56 Å². The lowest BCUT2D eigenvalue weighted by atomic mass is 10.1. The van der Waals surface area contributed by atoms with E-state index in [4.69, 9.17) is 10.8 Å². The molecule has 1 heterocycles. The zero-order chi connectivity index (χ0) is 12.5. The van der Waals surface area contributed by atoms with Crippen molar-refractivity contribution in [1.82, 2.24) is 4.98 Å². The van der Waals surface area contributed by atoms with Gasteiger partial charge in [-0.15, -0.1) is 11.3 Å². The van der Waals surface area contributed by atoms with Crippen LogP contribution >= 0.6 is 11.3 Å². The molecule has 5 heteroatoms. The van der Waals surface area contributed by atoms with Crippen molar-refractivity contribution in [2.24, 2.45) is 5.73 Å². The molecule has 1 aromatic heterocycles. The van der Waals surface area contributed by atoms with E-state index in [1.165, 1.54) is 0 Å². The third-order valence-electron chi connectivity index (χ3n) is 1.96. The number of aliphatic carboxylic acids is 1. The highest BCUT2D eigenvalue weighted by Gasteiger charge is 2.10. The number of rotatable bonds is 3. The molecule has 0 saturated carbocycles. The van der Waals surface area contributed by atoms with Gasteiger partial charge in [-0.05, 0) is 12.0 Å². The van der Waals surface area contributed by atoms with E-state index in [-0.39, 0.29) is 0 Å². The Morgan fingerprint density at radius 3 is 2.53 bits per heavy atom. The zero-order valence-electron chi connectivity index (χ0n) is 9.19. The summed E-state index contributed by atoms with van der Waals surface area (Å²) >= 11 is 1.60. The van der Waals surface area contributed by atoms with E-state index in [0.717, 1.165) is 5.56 Å². The predicted molar refractivity (Wildman–Crippen MR) is 67.9 cm³/mol. The summed E-state index contributed by atoms with van der Waals surface area (Å²) in [5.74, 6) is -0.959. The van der Waals surface area contributed by atoms with Crippen LogP contribution in [0, 0.1) is 0 Å². The molecule has 0 fully saturated rings. The van der Waals surface area contributed by atoms with Gasteiger partial charge < -0.3 is 10.8 Å². The van der Waals surface area contributed by atoms with Gasteiger partial charge in [-0.1, -0.05) is 30.3 Å². The topological polar surface area (TPSA) is 76.2 Å². The van der Waals surface area contributed by atoms with E-state index in [1.807, 2.05) is 35.7 Å². The summed E-state index contributed by atoms with van der Waals surface area (Å²) in [4.78, 5) is 14.1. The molecule has 0 radical (unpaired) electrons. The Labute approximate surface area is 104 Å². The standard InChI is InChI=1S/C9H11NO2.C3H3NS/c10-8(9(11)12)6-7-4-2-1-3-5-7;1-2-5-3-4-1/h1-5,8H,6,10H2,(H,11,12);1-3H/t8-;/m0./s1. The number of aromatic nitrogens is 1. The van der Waals surface area contributed by atoms with E-state index < -0.39 is 12.0 Å². The Balaban J connectivity index is 0.000000239. The second kappa shape index (κ2) is 7.54. The molecule has 1 atom stereocenters. The molecule has 0 spiro atoms. The quantitative estimate of drug-likeness (QED) is 0.870. The summed E-state index contributed by atoms with van der Waals surface area (Å²) in [7, 11) is 0. The van der Waals surface area contributed by atoms with E-state index in [1.54, 1.807) is 23.0 Å². The van der Waals surface area contributed by atoms with Crippen LogP contribution < -0.4 is 5.73 Å². The lowest BCUT2D eigenvalue weighted by Crippen LogP contribution is -2.32. The predicted octanol–water partition coefficient (Wildman–Crippen LogP) is 1.78. The van der Waals surface area contributed by atoms with Crippen LogP contribution in [0.4, 0.5) is 0 Å². The van der Waals surface area contributed by atoms with Crippen LogP contribution in [0.5, 0.6) is 0 Å². The van der Waals surface area contributed by atoms with Gasteiger partial charge in [0.1, 0.15) is 6.04 Å². The Morgan fingerprint density at radius 2 is 2.12 bits per heavy atom. The molecule has 0 aliphatic carbocycles. The van der Waals surface area contributed by atoms with Gasteiger partial charge in [0.25, 0.3) is 0 Å². The third-order valence-corrected chi connectivity index (χ3v) is 2.49. The fraction of sp³-hybridized carbons (Fsp3) is 0.167. The number of carbonyl (C=O) groups is 1. The SMILES string of the molecule is N[C@@H](Cc1ccccc1)C(=O)O.c1cscn1. The van der Waals surface area contributed by atoms with Gasteiger partial charge in [0.05, 0.1) is 5.51 Å².